The number of nitrogens with one attached hydrogen (secondary N) is 1. The van der Waals surface area contributed by atoms with E-state index in [1.165, 1.54) is 0 Å². The minimum absolute atomic E-state index is 0.507. The number of rotatable bonds is 3. The maximum absolute atomic E-state index is 5.55. The van der Waals surface area contributed by atoms with Gasteiger partial charge in [-0.3, -0.25) is 4.98 Å². The van der Waals surface area contributed by atoms with E-state index in [-0.39, 0.29) is 0 Å². The monoisotopic (exact) mass is 218 g/mol. The van der Waals surface area contributed by atoms with Crippen LogP contribution in [0, 0.1) is 4.64 Å². The highest BCUT2D eigenvalue weighted by Gasteiger charge is 1.94. The van der Waals surface area contributed by atoms with Gasteiger partial charge >= 0.3 is 0 Å². The van der Waals surface area contributed by atoms with Crippen molar-refractivity contribution in [1.82, 2.24) is 9.97 Å². The van der Waals surface area contributed by atoms with Gasteiger partial charge in [0.2, 0.25) is 0 Å². The molecule has 1 N–H and O–H groups in total. The lowest BCUT2D eigenvalue weighted by Gasteiger charge is -2.04. The molecule has 4 heteroatoms. The quantitative estimate of drug-likeness (QED) is 0.805. The van der Waals surface area contributed by atoms with Crippen molar-refractivity contribution in [2.75, 3.05) is 0 Å². The number of nitrogens with zero attached hydrogens (tertiary/aromatic N) is 1. The van der Waals surface area contributed by atoms with E-state index in [9.17, 15) is 0 Å². The molecule has 0 saturated heterocycles. The maximum atomic E-state index is 5.55. The molecule has 2 aromatic heterocycles. The summed E-state index contributed by atoms with van der Waals surface area (Å²) >= 11 is 4.98. The summed E-state index contributed by atoms with van der Waals surface area (Å²) in [6.45, 7) is 0.507. The third-order valence-corrected chi connectivity index (χ3v) is 2.11. The van der Waals surface area contributed by atoms with Crippen LogP contribution < -0.4 is 4.74 Å². The molecule has 0 bridgehead atoms. The number of hydrogen-bond acceptors (Lipinski definition) is 3. The Bertz CT molecular complexity index is 481. The number of hydrogen-bond donors (Lipinski definition) is 1. The van der Waals surface area contributed by atoms with Gasteiger partial charge in [-0.1, -0.05) is 18.3 Å². The molecule has 3 nitrogen and oxygen atoms in total. The number of aromatic nitrogens is 2. The number of aromatic amines is 1. The number of pyridine rings is 2. The van der Waals surface area contributed by atoms with Crippen LogP contribution in [0.15, 0.2) is 42.9 Å². The first-order valence-electron chi connectivity index (χ1n) is 4.55. The fourth-order valence-corrected chi connectivity index (χ4v) is 1.35. The second-order valence-corrected chi connectivity index (χ2v) is 3.48. The molecule has 0 unspecified atom stereocenters. The van der Waals surface area contributed by atoms with Crippen molar-refractivity contribution in [3.8, 4) is 5.75 Å². The third-order valence-electron chi connectivity index (χ3n) is 1.87. The summed E-state index contributed by atoms with van der Waals surface area (Å²) in [6, 6.07) is 7.48. The van der Waals surface area contributed by atoms with E-state index in [0.717, 1.165) is 11.3 Å². The van der Waals surface area contributed by atoms with Crippen molar-refractivity contribution in [1.29, 1.82) is 0 Å². The Labute approximate surface area is 92.8 Å². The smallest absolute Gasteiger partial charge is 0.124 e. The van der Waals surface area contributed by atoms with Gasteiger partial charge in [0.1, 0.15) is 17.0 Å². The zero-order valence-corrected chi connectivity index (χ0v) is 8.83. The first kappa shape index (κ1) is 9.86. The van der Waals surface area contributed by atoms with Crippen molar-refractivity contribution in [2.45, 2.75) is 6.61 Å². The van der Waals surface area contributed by atoms with Crippen molar-refractivity contribution in [3.05, 3.63) is 53.1 Å². The highest BCUT2D eigenvalue weighted by molar-refractivity contribution is 7.71. The molecule has 2 aromatic rings. The molecular formula is C11H10N2OS. The molecule has 2 heterocycles. The lowest BCUT2D eigenvalue weighted by Crippen LogP contribution is -1.95. The minimum Gasteiger partial charge on any atom is -0.489 e. The zero-order valence-electron chi connectivity index (χ0n) is 8.01. The predicted octanol–water partition coefficient (Wildman–Crippen LogP) is 2.72. The van der Waals surface area contributed by atoms with Crippen LogP contribution in [0.1, 0.15) is 5.56 Å². The Balaban J connectivity index is 2.02. The third kappa shape index (κ3) is 2.89. The summed E-state index contributed by atoms with van der Waals surface area (Å²) in [5.41, 5.74) is 1.04. The topological polar surface area (TPSA) is 37.9 Å². The van der Waals surface area contributed by atoms with Gasteiger partial charge in [-0.15, -0.1) is 0 Å². The molecule has 76 valence electrons. The van der Waals surface area contributed by atoms with Crippen molar-refractivity contribution in [2.24, 2.45) is 0 Å². The van der Waals surface area contributed by atoms with E-state index >= 15 is 0 Å². The van der Waals surface area contributed by atoms with Gasteiger partial charge in [0.05, 0.1) is 0 Å². The largest absolute Gasteiger partial charge is 0.489 e. The van der Waals surface area contributed by atoms with Crippen LogP contribution in [0.2, 0.25) is 0 Å². The zero-order chi connectivity index (χ0) is 10.5. The van der Waals surface area contributed by atoms with Gasteiger partial charge in [0, 0.05) is 30.2 Å². The van der Waals surface area contributed by atoms with Gasteiger partial charge in [-0.05, 0) is 12.1 Å². The van der Waals surface area contributed by atoms with E-state index in [2.05, 4.69) is 9.97 Å². The van der Waals surface area contributed by atoms with E-state index in [0.29, 0.717) is 11.2 Å². The summed E-state index contributed by atoms with van der Waals surface area (Å²) in [4.78, 5) is 6.90. The van der Waals surface area contributed by atoms with Crippen LogP contribution in [0.3, 0.4) is 0 Å². The van der Waals surface area contributed by atoms with E-state index in [1.54, 1.807) is 24.7 Å². The first-order valence-corrected chi connectivity index (χ1v) is 4.96. The molecule has 0 radical (unpaired) electrons. The van der Waals surface area contributed by atoms with Crippen LogP contribution in [0.25, 0.3) is 0 Å². The molecule has 0 saturated carbocycles. The first-order chi connectivity index (χ1) is 7.34. The molecule has 0 aliphatic carbocycles. The van der Waals surface area contributed by atoms with Gasteiger partial charge in [0.15, 0.2) is 0 Å². The second kappa shape index (κ2) is 4.70. The highest BCUT2D eigenvalue weighted by Crippen LogP contribution is 2.10. The summed E-state index contributed by atoms with van der Waals surface area (Å²) < 4.78 is 6.21. The Morgan fingerprint density at radius 3 is 3.07 bits per heavy atom. The molecule has 0 aliphatic rings. The highest BCUT2D eigenvalue weighted by atomic mass is 32.1. The predicted molar refractivity (Wildman–Crippen MR) is 60.2 cm³/mol. The van der Waals surface area contributed by atoms with Crippen LogP contribution in [-0.2, 0) is 6.61 Å². The Kier molecular flexibility index (Phi) is 3.09. The summed E-state index contributed by atoms with van der Waals surface area (Å²) in [7, 11) is 0. The van der Waals surface area contributed by atoms with E-state index in [4.69, 9.17) is 17.0 Å². The van der Waals surface area contributed by atoms with Gasteiger partial charge in [0.25, 0.3) is 0 Å². The van der Waals surface area contributed by atoms with Crippen LogP contribution >= 0.6 is 12.2 Å². The molecule has 0 spiro atoms. The second-order valence-electron chi connectivity index (χ2n) is 3.04. The van der Waals surface area contributed by atoms with Crippen LogP contribution in [0.4, 0.5) is 0 Å². The lowest BCUT2D eigenvalue weighted by molar-refractivity contribution is 0.305. The van der Waals surface area contributed by atoms with E-state index in [1.807, 2.05) is 18.2 Å². The van der Waals surface area contributed by atoms with Crippen LogP contribution in [-0.4, -0.2) is 9.97 Å². The molecule has 0 aliphatic heterocycles. The van der Waals surface area contributed by atoms with Gasteiger partial charge in [-0.25, -0.2) is 0 Å². The lowest BCUT2D eigenvalue weighted by atomic mass is 10.3. The Hall–Kier alpha value is -1.68. The Morgan fingerprint density at radius 2 is 2.33 bits per heavy atom. The molecule has 0 fully saturated rings. The molecule has 0 amide bonds. The van der Waals surface area contributed by atoms with Crippen molar-refractivity contribution >= 4 is 12.2 Å². The molecular weight excluding hydrogens is 208 g/mol. The molecule has 2 rings (SSSR count). The number of ether oxygens (including phenoxy) is 1. The summed E-state index contributed by atoms with van der Waals surface area (Å²) in [6.07, 6.45) is 5.28. The SMILES string of the molecule is S=c1cc(OCc2cccnc2)cc[nH]1. The summed E-state index contributed by atoms with van der Waals surface area (Å²) in [5, 5.41) is 0. The minimum atomic E-state index is 0.507. The molecule has 0 aromatic carbocycles. The van der Waals surface area contributed by atoms with E-state index < -0.39 is 0 Å². The molecule has 0 atom stereocenters. The van der Waals surface area contributed by atoms with Gasteiger partial charge < -0.3 is 9.72 Å². The average molecular weight is 218 g/mol. The van der Waals surface area contributed by atoms with Crippen molar-refractivity contribution < 1.29 is 4.74 Å². The maximum Gasteiger partial charge on any atom is 0.124 e. The van der Waals surface area contributed by atoms with Crippen molar-refractivity contribution in [3.63, 3.8) is 0 Å². The number of H-pyrrole nitrogens is 1. The normalized spacial score (nSPS) is 9.87. The van der Waals surface area contributed by atoms with Gasteiger partial charge in [-0.2, -0.15) is 0 Å². The summed E-state index contributed by atoms with van der Waals surface area (Å²) in [5.74, 6) is 0.766. The standard InChI is InChI=1S/C11H10N2OS/c15-11-6-10(3-5-13-11)14-8-9-2-1-4-12-7-9/h1-7H,8H2,(H,13,15). The average Bonchev–Trinajstić information content (AvgIpc) is 2.28. The molecule has 15 heavy (non-hydrogen) atoms. The van der Waals surface area contributed by atoms with Crippen LogP contribution in [0.5, 0.6) is 5.75 Å². The fraction of sp³-hybridized carbons (Fsp3) is 0.0909. The Morgan fingerprint density at radius 1 is 1.40 bits per heavy atom. The fourth-order valence-electron chi connectivity index (χ4n) is 1.16.